The minimum Gasteiger partial charge on any atom is -0.465 e. The van der Waals surface area contributed by atoms with E-state index in [9.17, 15) is 14.9 Å². The molecule has 0 radical (unpaired) electrons. The third kappa shape index (κ3) is 3.22. The molecule has 8 heteroatoms. The van der Waals surface area contributed by atoms with Crippen molar-refractivity contribution in [2.75, 3.05) is 37.5 Å². The van der Waals surface area contributed by atoms with Crippen LogP contribution in [-0.4, -0.2) is 43.6 Å². The quantitative estimate of drug-likeness (QED) is 0.473. The number of nitro benzene ring substituents is 1. The normalized spacial score (nSPS) is 12.4. The highest BCUT2D eigenvalue weighted by Gasteiger charge is 2.32. The number of esters is 1. The number of aromatic amines is 1. The molecular formula is C19H24N4O4. The highest BCUT2D eigenvalue weighted by atomic mass is 16.6. The molecule has 2 heterocycles. The number of H-pyrrole nitrogens is 1. The Morgan fingerprint density at radius 2 is 2.15 bits per heavy atom. The number of anilines is 2. The molecule has 0 bridgehead atoms. The van der Waals surface area contributed by atoms with E-state index in [1.165, 1.54) is 13.2 Å². The standard InChI is InChI=1S/C19H24N4O4/c1-5-6-9-22-11-14-16(19(24)27-4)18(21(2)3)20-17(14)13-10-12(23(25)26)7-8-15(13)22/h7-8,10,20H,5-6,9,11H2,1-4H3. The van der Waals surface area contributed by atoms with Gasteiger partial charge in [-0.3, -0.25) is 10.1 Å². The average Bonchev–Trinajstić information content (AvgIpc) is 3.04. The van der Waals surface area contributed by atoms with Crippen molar-refractivity contribution in [3.05, 3.63) is 39.4 Å². The van der Waals surface area contributed by atoms with Gasteiger partial charge >= 0.3 is 5.97 Å². The van der Waals surface area contributed by atoms with Gasteiger partial charge in [0.15, 0.2) is 0 Å². The highest BCUT2D eigenvalue weighted by Crippen LogP contribution is 2.44. The number of carbonyl (C=O) groups is 1. The van der Waals surface area contributed by atoms with Gasteiger partial charge in [-0.2, -0.15) is 0 Å². The number of fused-ring (bicyclic) bond motifs is 3. The summed E-state index contributed by atoms with van der Waals surface area (Å²) in [6, 6.07) is 4.89. The maximum absolute atomic E-state index is 12.5. The van der Waals surface area contributed by atoms with Gasteiger partial charge in [0.2, 0.25) is 0 Å². The molecule has 0 fully saturated rings. The van der Waals surface area contributed by atoms with Crippen LogP contribution in [-0.2, 0) is 11.3 Å². The fourth-order valence-corrected chi connectivity index (χ4v) is 3.51. The molecule has 1 N–H and O–H groups in total. The Balaban J connectivity index is 2.24. The first-order valence-electron chi connectivity index (χ1n) is 8.93. The molecule has 1 aromatic heterocycles. The van der Waals surface area contributed by atoms with Crippen LogP contribution in [0.4, 0.5) is 17.2 Å². The van der Waals surface area contributed by atoms with Gasteiger partial charge in [0, 0.05) is 56.1 Å². The lowest BCUT2D eigenvalue weighted by molar-refractivity contribution is -0.384. The zero-order valence-electron chi connectivity index (χ0n) is 16.0. The van der Waals surface area contributed by atoms with Gasteiger partial charge in [0.05, 0.1) is 17.7 Å². The summed E-state index contributed by atoms with van der Waals surface area (Å²) >= 11 is 0. The third-order valence-electron chi connectivity index (χ3n) is 4.85. The second-order valence-corrected chi connectivity index (χ2v) is 6.82. The fraction of sp³-hybridized carbons (Fsp3) is 0.421. The van der Waals surface area contributed by atoms with Gasteiger partial charge < -0.3 is 19.5 Å². The smallest absolute Gasteiger partial charge is 0.341 e. The predicted octanol–water partition coefficient (Wildman–Crippen LogP) is 3.56. The predicted molar refractivity (Wildman–Crippen MR) is 105 cm³/mol. The van der Waals surface area contributed by atoms with Crippen molar-refractivity contribution in [2.24, 2.45) is 0 Å². The zero-order chi connectivity index (χ0) is 19.7. The van der Waals surface area contributed by atoms with Crippen LogP contribution in [0, 0.1) is 10.1 Å². The molecule has 27 heavy (non-hydrogen) atoms. The number of nitrogens with zero attached hydrogens (tertiary/aromatic N) is 3. The number of hydrogen-bond acceptors (Lipinski definition) is 6. The highest BCUT2D eigenvalue weighted by molar-refractivity contribution is 6.01. The summed E-state index contributed by atoms with van der Waals surface area (Å²) < 4.78 is 5.01. The van der Waals surface area contributed by atoms with Crippen LogP contribution < -0.4 is 9.80 Å². The van der Waals surface area contributed by atoms with E-state index in [0.717, 1.165) is 41.9 Å². The van der Waals surface area contributed by atoms with Crippen LogP contribution >= 0.6 is 0 Å². The van der Waals surface area contributed by atoms with Crippen molar-refractivity contribution in [3.8, 4) is 11.3 Å². The van der Waals surface area contributed by atoms with Crippen molar-refractivity contribution in [1.29, 1.82) is 0 Å². The summed E-state index contributed by atoms with van der Waals surface area (Å²) in [4.78, 5) is 30.7. The van der Waals surface area contributed by atoms with E-state index in [2.05, 4.69) is 16.8 Å². The van der Waals surface area contributed by atoms with Crippen LogP contribution in [0.5, 0.6) is 0 Å². The molecule has 3 rings (SSSR count). The van der Waals surface area contributed by atoms with Crippen LogP contribution in [0.15, 0.2) is 18.2 Å². The lowest BCUT2D eigenvalue weighted by atomic mass is 9.96. The van der Waals surface area contributed by atoms with Crippen LogP contribution in [0.3, 0.4) is 0 Å². The van der Waals surface area contributed by atoms with E-state index in [1.807, 2.05) is 19.0 Å². The van der Waals surface area contributed by atoms with Gasteiger partial charge in [-0.25, -0.2) is 4.79 Å². The Morgan fingerprint density at radius 3 is 2.74 bits per heavy atom. The number of ether oxygens (including phenoxy) is 1. The second kappa shape index (κ2) is 7.30. The van der Waals surface area contributed by atoms with Crippen molar-refractivity contribution in [3.63, 3.8) is 0 Å². The third-order valence-corrected chi connectivity index (χ3v) is 4.85. The molecule has 0 saturated heterocycles. The summed E-state index contributed by atoms with van der Waals surface area (Å²) in [5, 5.41) is 11.3. The van der Waals surface area contributed by atoms with Gasteiger partial charge in [0.25, 0.3) is 5.69 Å². The molecule has 0 atom stereocenters. The second-order valence-electron chi connectivity index (χ2n) is 6.82. The lowest BCUT2D eigenvalue weighted by Crippen LogP contribution is -2.28. The molecule has 8 nitrogen and oxygen atoms in total. The van der Waals surface area contributed by atoms with Gasteiger partial charge in [-0.05, 0) is 12.5 Å². The number of carbonyl (C=O) groups excluding carboxylic acids is 1. The van der Waals surface area contributed by atoms with Crippen LogP contribution in [0.2, 0.25) is 0 Å². The number of unbranched alkanes of at least 4 members (excludes halogenated alkanes) is 1. The van der Waals surface area contributed by atoms with E-state index in [-0.39, 0.29) is 5.69 Å². The molecule has 0 amide bonds. The molecular weight excluding hydrogens is 348 g/mol. The number of non-ortho nitro benzene ring substituents is 1. The number of rotatable bonds is 6. The number of hydrogen-bond donors (Lipinski definition) is 1. The Labute approximate surface area is 157 Å². The molecule has 1 aliphatic heterocycles. The van der Waals surface area contributed by atoms with E-state index >= 15 is 0 Å². The number of aromatic nitrogens is 1. The molecule has 0 aliphatic carbocycles. The summed E-state index contributed by atoms with van der Waals surface area (Å²) in [6.07, 6.45) is 2.02. The Hall–Kier alpha value is -3.03. The number of nitro groups is 1. The first-order chi connectivity index (χ1) is 12.9. The number of nitrogens with one attached hydrogen (secondary N) is 1. The summed E-state index contributed by atoms with van der Waals surface area (Å²) in [7, 11) is 5.04. The van der Waals surface area contributed by atoms with Crippen LogP contribution in [0.25, 0.3) is 11.3 Å². The van der Waals surface area contributed by atoms with E-state index in [4.69, 9.17) is 4.74 Å². The van der Waals surface area contributed by atoms with Gasteiger partial charge in [-0.1, -0.05) is 13.3 Å². The number of benzene rings is 1. The first-order valence-corrected chi connectivity index (χ1v) is 8.93. The molecule has 0 saturated carbocycles. The average molecular weight is 372 g/mol. The lowest BCUT2D eigenvalue weighted by Gasteiger charge is -2.31. The van der Waals surface area contributed by atoms with E-state index in [0.29, 0.717) is 17.9 Å². The topological polar surface area (TPSA) is 91.7 Å². The Kier molecular flexibility index (Phi) is 5.07. The minimum atomic E-state index is -0.416. The summed E-state index contributed by atoms with van der Waals surface area (Å²) in [5.41, 5.74) is 3.73. The summed E-state index contributed by atoms with van der Waals surface area (Å²) in [6.45, 7) is 3.48. The van der Waals surface area contributed by atoms with E-state index in [1.54, 1.807) is 12.1 Å². The van der Waals surface area contributed by atoms with E-state index < -0.39 is 10.9 Å². The van der Waals surface area contributed by atoms with Crippen molar-refractivity contribution < 1.29 is 14.5 Å². The molecule has 0 spiro atoms. The maximum Gasteiger partial charge on any atom is 0.341 e. The minimum absolute atomic E-state index is 0.0256. The molecule has 1 aliphatic rings. The Morgan fingerprint density at radius 1 is 1.41 bits per heavy atom. The van der Waals surface area contributed by atoms with Crippen molar-refractivity contribution in [2.45, 2.75) is 26.3 Å². The monoisotopic (exact) mass is 372 g/mol. The first kappa shape index (κ1) is 18.8. The van der Waals surface area contributed by atoms with Crippen LogP contribution in [0.1, 0.15) is 35.7 Å². The largest absolute Gasteiger partial charge is 0.465 e. The van der Waals surface area contributed by atoms with Crippen molar-refractivity contribution in [1.82, 2.24) is 4.98 Å². The zero-order valence-corrected chi connectivity index (χ0v) is 16.0. The number of methoxy groups -OCH3 is 1. The fourth-order valence-electron chi connectivity index (χ4n) is 3.51. The Bertz CT molecular complexity index is 888. The molecule has 144 valence electrons. The van der Waals surface area contributed by atoms with Crippen molar-refractivity contribution >= 4 is 23.2 Å². The molecule has 0 unspecified atom stereocenters. The molecule has 2 aromatic rings. The molecule has 1 aromatic carbocycles. The maximum atomic E-state index is 12.5. The van der Waals surface area contributed by atoms with Gasteiger partial charge in [-0.15, -0.1) is 0 Å². The summed E-state index contributed by atoms with van der Waals surface area (Å²) in [5.74, 6) is 0.224. The van der Waals surface area contributed by atoms with Gasteiger partial charge in [0.1, 0.15) is 11.4 Å². The SMILES string of the molecule is CCCCN1Cc2c([nH]c(N(C)C)c2C(=O)OC)-c2cc([N+](=O)[O-])ccc21.